The minimum absolute atomic E-state index is 0.130. The van der Waals surface area contributed by atoms with Crippen molar-refractivity contribution in [2.24, 2.45) is 23.2 Å². The van der Waals surface area contributed by atoms with Gasteiger partial charge in [0.05, 0.1) is 12.0 Å². The molecule has 0 heterocycles. The molecule has 0 aromatic carbocycles. The molecule has 1 unspecified atom stereocenters. The highest BCUT2D eigenvalue weighted by molar-refractivity contribution is 5.27. The fourth-order valence-corrected chi connectivity index (χ4v) is 2.96. The molecule has 0 amide bonds. The zero-order valence-corrected chi connectivity index (χ0v) is 8.67. The van der Waals surface area contributed by atoms with E-state index in [1.165, 1.54) is 18.4 Å². The molecule has 0 aromatic rings. The zero-order chi connectivity index (χ0) is 9.64. The highest BCUT2D eigenvalue weighted by atomic mass is 14.6. The molecule has 0 saturated heterocycles. The van der Waals surface area contributed by atoms with E-state index >= 15 is 0 Å². The fourth-order valence-electron chi connectivity index (χ4n) is 2.96. The topological polar surface area (TPSA) is 23.8 Å². The molecule has 0 radical (unpaired) electrons. The second-order valence-electron chi connectivity index (χ2n) is 5.10. The first-order chi connectivity index (χ1) is 6.07. The van der Waals surface area contributed by atoms with Crippen LogP contribution in [0, 0.1) is 34.5 Å². The number of rotatable bonds is 1. The second kappa shape index (κ2) is 2.61. The van der Waals surface area contributed by atoms with Gasteiger partial charge in [0.15, 0.2) is 0 Å². The molecule has 0 spiro atoms. The van der Waals surface area contributed by atoms with Crippen molar-refractivity contribution >= 4 is 0 Å². The lowest BCUT2D eigenvalue weighted by atomic mass is 9.48. The Hall–Kier alpha value is -0.770. The van der Waals surface area contributed by atoms with E-state index in [-0.39, 0.29) is 5.92 Å². The Balaban J connectivity index is 2.24. The smallest absolute Gasteiger partial charge is 0.0697 e. The minimum Gasteiger partial charge on any atom is -0.198 e. The first-order valence-corrected chi connectivity index (χ1v) is 5.17. The summed E-state index contributed by atoms with van der Waals surface area (Å²) < 4.78 is 0. The van der Waals surface area contributed by atoms with Crippen molar-refractivity contribution in [2.75, 3.05) is 0 Å². The van der Waals surface area contributed by atoms with Crippen LogP contribution in [-0.2, 0) is 0 Å². The van der Waals surface area contributed by atoms with Gasteiger partial charge < -0.3 is 0 Å². The number of fused-ring (bicyclic) bond motifs is 1. The van der Waals surface area contributed by atoms with E-state index in [9.17, 15) is 0 Å². The molecule has 3 atom stereocenters. The van der Waals surface area contributed by atoms with Crippen LogP contribution in [0.15, 0.2) is 11.6 Å². The lowest BCUT2D eigenvalue weighted by molar-refractivity contribution is -0.0103. The Kier molecular flexibility index (Phi) is 1.77. The molecule has 70 valence electrons. The van der Waals surface area contributed by atoms with Crippen LogP contribution in [0.4, 0.5) is 0 Å². The van der Waals surface area contributed by atoms with E-state index in [2.05, 4.69) is 26.0 Å². The molecular weight excluding hydrogens is 158 g/mol. The Morgan fingerprint density at radius 2 is 2.31 bits per heavy atom. The quantitative estimate of drug-likeness (QED) is 0.562. The predicted octanol–water partition coefficient (Wildman–Crippen LogP) is 3.14. The van der Waals surface area contributed by atoms with Crippen LogP contribution in [0.25, 0.3) is 0 Å². The standard InChI is InChI=1S/C12H17N/c1-8(7-13)10-5-4-9-6-11(10)12(9,2)3/h5,8-9,11H,4,6H2,1-3H3/t8?,9-,11-/m0/s1. The zero-order valence-electron chi connectivity index (χ0n) is 8.67. The first-order valence-electron chi connectivity index (χ1n) is 5.17. The number of hydrogen-bond acceptors (Lipinski definition) is 1. The number of allylic oxidation sites excluding steroid dienone is 2. The minimum atomic E-state index is 0.130. The average Bonchev–Trinajstić information content (AvgIpc) is 2.16. The van der Waals surface area contributed by atoms with Crippen molar-refractivity contribution in [3.05, 3.63) is 11.6 Å². The largest absolute Gasteiger partial charge is 0.198 e. The molecule has 13 heavy (non-hydrogen) atoms. The van der Waals surface area contributed by atoms with Crippen LogP contribution in [-0.4, -0.2) is 0 Å². The third kappa shape index (κ3) is 1.05. The molecule has 1 saturated carbocycles. The van der Waals surface area contributed by atoms with Crippen molar-refractivity contribution in [1.29, 1.82) is 5.26 Å². The van der Waals surface area contributed by atoms with Crippen molar-refractivity contribution in [3.63, 3.8) is 0 Å². The highest BCUT2D eigenvalue weighted by Gasteiger charge is 2.51. The van der Waals surface area contributed by atoms with Gasteiger partial charge in [0.1, 0.15) is 0 Å². The lowest BCUT2D eigenvalue weighted by Gasteiger charge is -2.57. The van der Waals surface area contributed by atoms with Gasteiger partial charge >= 0.3 is 0 Å². The maximum Gasteiger partial charge on any atom is 0.0697 e. The van der Waals surface area contributed by atoms with Gasteiger partial charge in [-0.05, 0) is 37.0 Å². The van der Waals surface area contributed by atoms with Crippen molar-refractivity contribution < 1.29 is 0 Å². The van der Waals surface area contributed by atoms with Crippen LogP contribution < -0.4 is 0 Å². The first kappa shape index (κ1) is 8.81. The van der Waals surface area contributed by atoms with Gasteiger partial charge in [0.25, 0.3) is 0 Å². The molecule has 3 rings (SSSR count). The van der Waals surface area contributed by atoms with E-state index in [1.54, 1.807) is 0 Å². The molecule has 1 heteroatoms. The predicted molar refractivity (Wildman–Crippen MR) is 52.9 cm³/mol. The fraction of sp³-hybridized carbons (Fsp3) is 0.750. The van der Waals surface area contributed by atoms with Crippen LogP contribution in [0.1, 0.15) is 33.6 Å². The summed E-state index contributed by atoms with van der Waals surface area (Å²) in [6.45, 7) is 6.73. The van der Waals surface area contributed by atoms with Crippen LogP contribution in [0.3, 0.4) is 0 Å². The average molecular weight is 175 g/mol. The Bertz CT molecular complexity index is 293. The molecule has 0 aromatic heterocycles. The maximum atomic E-state index is 8.90. The normalized spacial score (nSPS) is 36.9. The van der Waals surface area contributed by atoms with Gasteiger partial charge in [-0.3, -0.25) is 0 Å². The Morgan fingerprint density at radius 1 is 1.62 bits per heavy atom. The summed E-state index contributed by atoms with van der Waals surface area (Å²) in [7, 11) is 0. The van der Waals surface area contributed by atoms with E-state index in [0.29, 0.717) is 11.3 Å². The SMILES string of the molecule is CC(C#N)C1=CC[C@H]2C[C@@H]1C2(C)C. The van der Waals surface area contributed by atoms with Crippen LogP contribution >= 0.6 is 0 Å². The summed E-state index contributed by atoms with van der Waals surface area (Å²) in [4.78, 5) is 0. The molecule has 0 aliphatic heterocycles. The molecule has 0 N–H and O–H groups in total. The van der Waals surface area contributed by atoms with E-state index in [4.69, 9.17) is 5.26 Å². The molecular formula is C12H17N. The van der Waals surface area contributed by atoms with Crippen molar-refractivity contribution in [3.8, 4) is 6.07 Å². The number of nitriles is 1. The Morgan fingerprint density at radius 3 is 2.77 bits per heavy atom. The highest BCUT2D eigenvalue weighted by Crippen LogP contribution is 2.60. The van der Waals surface area contributed by atoms with E-state index < -0.39 is 0 Å². The summed E-state index contributed by atoms with van der Waals surface area (Å²) in [5.74, 6) is 1.71. The monoisotopic (exact) mass is 175 g/mol. The van der Waals surface area contributed by atoms with Crippen LogP contribution in [0.5, 0.6) is 0 Å². The van der Waals surface area contributed by atoms with Gasteiger partial charge in [-0.2, -0.15) is 5.26 Å². The van der Waals surface area contributed by atoms with Gasteiger partial charge in [-0.25, -0.2) is 0 Å². The number of nitrogens with zero attached hydrogens (tertiary/aromatic N) is 1. The summed E-state index contributed by atoms with van der Waals surface area (Å²) in [6, 6.07) is 2.36. The molecule has 1 fully saturated rings. The summed E-state index contributed by atoms with van der Waals surface area (Å²) in [5.41, 5.74) is 1.88. The third-order valence-electron chi connectivity index (χ3n) is 4.20. The summed E-state index contributed by atoms with van der Waals surface area (Å²) >= 11 is 0. The van der Waals surface area contributed by atoms with Crippen molar-refractivity contribution in [2.45, 2.75) is 33.6 Å². The molecule has 1 nitrogen and oxygen atoms in total. The summed E-state index contributed by atoms with van der Waals surface area (Å²) in [5, 5.41) is 8.90. The van der Waals surface area contributed by atoms with E-state index in [0.717, 1.165) is 5.92 Å². The number of hydrogen-bond donors (Lipinski definition) is 0. The molecule has 2 bridgehead atoms. The van der Waals surface area contributed by atoms with Crippen molar-refractivity contribution in [1.82, 2.24) is 0 Å². The van der Waals surface area contributed by atoms with Gasteiger partial charge in [-0.15, -0.1) is 0 Å². The summed E-state index contributed by atoms with van der Waals surface area (Å²) in [6.07, 6.45) is 4.84. The van der Waals surface area contributed by atoms with Gasteiger partial charge in [0.2, 0.25) is 0 Å². The van der Waals surface area contributed by atoms with Crippen LogP contribution in [0.2, 0.25) is 0 Å². The maximum absolute atomic E-state index is 8.90. The third-order valence-corrected chi connectivity index (χ3v) is 4.20. The Labute approximate surface area is 80.4 Å². The second-order valence-corrected chi connectivity index (χ2v) is 5.10. The molecule has 3 aliphatic rings. The lowest BCUT2D eigenvalue weighted by Crippen LogP contribution is -2.48. The van der Waals surface area contributed by atoms with Gasteiger partial charge in [0, 0.05) is 0 Å². The van der Waals surface area contributed by atoms with E-state index in [1.807, 2.05) is 6.92 Å². The van der Waals surface area contributed by atoms with Gasteiger partial charge in [-0.1, -0.05) is 25.5 Å². The molecule has 3 aliphatic carbocycles.